The number of carbonyl (C=O) groups is 3. The van der Waals surface area contributed by atoms with E-state index in [4.69, 9.17) is 9.47 Å². The van der Waals surface area contributed by atoms with E-state index in [1.807, 2.05) is 80.3 Å². The molecule has 0 spiro atoms. The summed E-state index contributed by atoms with van der Waals surface area (Å²) in [5.41, 5.74) is 1.62. The maximum Gasteiger partial charge on any atom is 0.338 e. The van der Waals surface area contributed by atoms with Gasteiger partial charge in [-0.05, 0) is 57.5 Å². The second kappa shape index (κ2) is 14.0. The first kappa shape index (κ1) is 30.6. The molecule has 0 aromatic heterocycles. The van der Waals surface area contributed by atoms with Gasteiger partial charge < -0.3 is 25.0 Å². The third-order valence-electron chi connectivity index (χ3n) is 7.17. The maximum atomic E-state index is 13.6. The Morgan fingerprint density at radius 3 is 2.52 bits per heavy atom. The Balaban J connectivity index is 1.68. The molecule has 2 aromatic rings. The van der Waals surface area contributed by atoms with E-state index in [1.165, 1.54) is 0 Å². The zero-order valence-electron chi connectivity index (χ0n) is 24.8. The molecule has 2 heterocycles. The second-order valence-electron chi connectivity index (χ2n) is 10.7. The van der Waals surface area contributed by atoms with Crippen LogP contribution in [0.4, 0.5) is 9.59 Å². The van der Waals surface area contributed by atoms with Gasteiger partial charge in [-0.2, -0.15) is 0 Å². The molecule has 1 fully saturated rings. The summed E-state index contributed by atoms with van der Waals surface area (Å²) < 4.78 is 11.6. The lowest BCUT2D eigenvalue weighted by Crippen LogP contribution is -2.58. The number of ether oxygens (including phenoxy) is 2. The van der Waals surface area contributed by atoms with Crippen molar-refractivity contribution in [2.75, 3.05) is 39.3 Å². The summed E-state index contributed by atoms with van der Waals surface area (Å²) in [7, 11) is 0. The summed E-state index contributed by atoms with van der Waals surface area (Å²) in [6, 6.07) is 15.6. The highest BCUT2D eigenvalue weighted by Gasteiger charge is 2.39. The van der Waals surface area contributed by atoms with Gasteiger partial charge in [0.1, 0.15) is 11.5 Å². The van der Waals surface area contributed by atoms with Crippen LogP contribution in [0.2, 0.25) is 0 Å². The summed E-state index contributed by atoms with van der Waals surface area (Å²) in [6.07, 6.45) is 1.63. The summed E-state index contributed by atoms with van der Waals surface area (Å²) in [5.74, 6) is 0.761. The molecule has 0 aliphatic carbocycles. The zero-order valence-corrected chi connectivity index (χ0v) is 24.8. The third kappa shape index (κ3) is 7.30. The van der Waals surface area contributed by atoms with Gasteiger partial charge in [0.25, 0.3) is 0 Å². The van der Waals surface area contributed by atoms with Crippen molar-refractivity contribution in [3.05, 3.63) is 84.1 Å². The molecule has 10 nitrogen and oxygen atoms in total. The number of amides is 4. The number of rotatable bonds is 10. The summed E-state index contributed by atoms with van der Waals surface area (Å²) in [5, 5.41) is 5.97. The predicted octanol–water partition coefficient (Wildman–Crippen LogP) is 4.67. The van der Waals surface area contributed by atoms with Crippen LogP contribution >= 0.6 is 0 Å². The van der Waals surface area contributed by atoms with Crippen LogP contribution in [0.15, 0.2) is 78.5 Å². The molecule has 0 saturated carbocycles. The standard InChI is InChI=1S/C32H41N5O5/c1-6-16-37-27(21-35-17-18-36(23(5)20-35)31(39)33-22(3)4)28(30(38)41-7-2)29(34-32(37)40)24-12-11-15-26(19-24)42-25-13-9-8-10-14-25/h6,8-15,19,22-23,29H,1,7,16-18,20-21H2,2-5H3,(H,33,39)(H,34,40)/t23-,29-/m0/s1. The number of piperazine rings is 1. The minimum Gasteiger partial charge on any atom is -0.463 e. The van der Waals surface area contributed by atoms with Crippen LogP contribution in [-0.2, 0) is 9.53 Å². The van der Waals surface area contributed by atoms with Gasteiger partial charge in [0.05, 0.1) is 18.2 Å². The fourth-order valence-electron chi connectivity index (χ4n) is 5.30. The Bertz CT molecular complexity index is 1310. The van der Waals surface area contributed by atoms with Gasteiger partial charge in [0.2, 0.25) is 0 Å². The van der Waals surface area contributed by atoms with Crippen LogP contribution in [0, 0.1) is 0 Å². The van der Waals surface area contributed by atoms with Crippen molar-refractivity contribution in [3.8, 4) is 11.5 Å². The van der Waals surface area contributed by atoms with E-state index >= 15 is 0 Å². The number of hydrogen-bond donors (Lipinski definition) is 2. The van der Waals surface area contributed by atoms with Crippen LogP contribution < -0.4 is 15.4 Å². The molecule has 10 heteroatoms. The fraction of sp³-hybridized carbons (Fsp3) is 0.406. The van der Waals surface area contributed by atoms with E-state index in [2.05, 4.69) is 22.1 Å². The Labute approximate surface area is 247 Å². The first-order valence-electron chi connectivity index (χ1n) is 14.4. The lowest BCUT2D eigenvalue weighted by atomic mass is 9.93. The third-order valence-corrected chi connectivity index (χ3v) is 7.17. The van der Waals surface area contributed by atoms with Gasteiger partial charge in [0, 0.05) is 50.5 Å². The lowest BCUT2D eigenvalue weighted by Gasteiger charge is -2.43. The number of carbonyl (C=O) groups excluding carboxylic acids is 3. The molecule has 2 aliphatic rings. The monoisotopic (exact) mass is 575 g/mol. The highest BCUT2D eigenvalue weighted by molar-refractivity contribution is 5.95. The quantitative estimate of drug-likeness (QED) is 0.315. The predicted molar refractivity (Wildman–Crippen MR) is 161 cm³/mol. The van der Waals surface area contributed by atoms with E-state index in [0.717, 1.165) is 0 Å². The summed E-state index contributed by atoms with van der Waals surface area (Å²) >= 11 is 0. The molecular formula is C32H41N5O5. The minimum absolute atomic E-state index is 0.0433. The number of benzene rings is 2. The van der Waals surface area contributed by atoms with Crippen LogP contribution in [0.3, 0.4) is 0 Å². The van der Waals surface area contributed by atoms with Crippen molar-refractivity contribution < 1.29 is 23.9 Å². The fourth-order valence-corrected chi connectivity index (χ4v) is 5.30. The molecule has 224 valence electrons. The first-order valence-corrected chi connectivity index (χ1v) is 14.4. The molecule has 42 heavy (non-hydrogen) atoms. The van der Waals surface area contributed by atoms with Crippen molar-refractivity contribution in [1.82, 2.24) is 25.3 Å². The van der Waals surface area contributed by atoms with Crippen molar-refractivity contribution in [3.63, 3.8) is 0 Å². The maximum absolute atomic E-state index is 13.6. The molecule has 4 rings (SSSR count). The normalized spacial score (nSPS) is 19.4. The highest BCUT2D eigenvalue weighted by atomic mass is 16.5. The molecule has 2 aliphatic heterocycles. The molecule has 2 aromatic carbocycles. The minimum atomic E-state index is -0.748. The van der Waals surface area contributed by atoms with E-state index < -0.39 is 12.0 Å². The molecule has 4 amide bonds. The number of para-hydroxylation sites is 1. The summed E-state index contributed by atoms with van der Waals surface area (Å²) in [6.45, 7) is 13.9. The SMILES string of the molecule is C=CCN1C(=O)N[C@@H](c2cccc(Oc3ccccc3)c2)C(C(=O)OCC)=C1CN1CCN(C(=O)NC(C)C)[C@@H](C)C1. The van der Waals surface area contributed by atoms with E-state index in [-0.39, 0.29) is 37.3 Å². The van der Waals surface area contributed by atoms with E-state index in [1.54, 1.807) is 17.9 Å². The van der Waals surface area contributed by atoms with Crippen molar-refractivity contribution in [2.45, 2.75) is 45.8 Å². The van der Waals surface area contributed by atoms with Crippen molar-refractivity contribution in [2.24, 2.45) is 0 Å². The molecule has 0 bridgehead atoms. The van der Waals surface area contributed by atoms with Gasteiger partial charge in [-0.25, -0.2) is 14.4 Å². The van der Waals surface area contributed by atoms with Crippen LogP contribution in [-0.4, -0.2) is 84.1 Å². The first-order chi connectivity index (χ1) is 20.2. The van der Waals surface area contributed by atoms with Crippen molar-refractivity contribution in [1.29, 1.82) is 0 Å². The Morgan fingerprint density at radius 1 is 1.12 bits per heavy atom. The number of hydrogen-bond acceptors (Lipinski definition) is 6. The van der Waals surface area contributed by atoms with Gasteiger partial charge in [-0.3, -0.25) is 9.80 Å². The number of nitrogens with one attached hydrogen (secondary N) is 2. The Kier molecular flexibility index (Phi) is 10.2. The smallest absolute Gasteiger partial charge is 0.338 e. The molecule has 2 atom stereocenters. The van der Waals surface area contributed by atoms with Crippen LogP contribution in [0.1, 0.15) is 39.3 Å². The Hall–Kier alpha value is -4.31. The molecule has 1 saturated heterocycles. The average molecular weight is 576 g/mol. The van der Waals surface area contributed by atoms with Crippen molar-refractivity contribution >= 4 is 18.0 Å². The topological polar surface area (TPSA) is 103 Å². The number of esters is 1. The molecule has 0 unspecified atom stereocenters. The van der Waals surface area contributed by atoms with E-state index in [9.17, 15) is 14.4 Å². The van der Waals surface area contributed by atoms with Gasteiger partial charge in [-0.15, -0.1) is 6.58 Å². The second-order valence-corrected chi connectivity index (χ2v) is 10.7. The van der Waals surface area contributed by atoms with Gasteiger partial charge >= 0.3 is 18.0 Å². The Morgan fingerprint density at radius 2 is 1.86 bits per heavy atom. The average Bonchev–Trinajstić information content (AvgIpc) is 2.95. The number of nitrogens with zero attached hydrogens (tertiary/aromatic N) is 3. The van der Waals surface area contributed by atoms with Gasteiger partial charge in [-0.1, -0.05) is 36.4 Å². The number of urea groups is 2. The molecule has 2 N–H and O–H groups in total. The molecular weight excluding hydrogens is 534 g/mol. The van der Waals surface area contributed by atoms with E-state index in [0.29, 0.717) is 54.5 Å². The molecule has 0 radical (unpaired) electrons. The van der Waals surface area contributed by atoms with Gasteiger partial charge in [0.15, 0.2) is 0 Å². The summed E-state index contributed by atoms with van der Waals surface area (Å²) in [4.78, 5) is 45.3. The highest BCUT2D eigenvalue weighted by Crippen LogP contribution is 2.34. The lowest BCUT2D eigenvalue weighted by molar-refractivity contribution is -0.139. The largest absolute Gasteiger partial charge is 0.463 e. The van der Waals surface area contributed by atoms with Crippen LogP contribution in [0.25, 0.3) is 0 Å². The zero-order chi connectivity index (χ0) is 30.2. The van der Waals surface area contributed by atoms with Crippen LogP contribution in [0.5, 0.6) is 11.5 Å².